The molecule has 0 aliphatic carbocycles. The van der Waals surface area contributed by atoms with Crippen molar-refractivity contribution in [3.8, 4) is 28.5 Å². The average Bonchev–Trinajstić information content (AvgIpc) is 2.92. The van der Waals surface area contributed by atoms with Crippen LogP contribution < -0.4 is 5.32 Å². The number of pyridine rings is 1. The summed E-state index contributed by atoms with van der Waals surface area (Å²) in [5, 5.41) is 15.7. The second kappa shape index (κ2) is 10.3. The molecule has 4 nitrogen and oxygen atoms in total. The number of benzene rings is 4. The van der Waals surface area contributed by atoms with Crippen LogP contribution in [0.1, 0.15) is 5.56 Å². The zero-order valence-corrected chi connectivity index (χ0v) is 19.6. The first-order chi connectivity index (χ1) is 17.2. The summed E-state index contributed by atoms with van der Waals surface area (Å²) >= 11 is 1.27. The second-order valence-corrected chi connectivity index (χ2v) is 8.94. The molecule has 4 aromatic carbocycles. The number of nitrogens with one attached hydrogen (secondary N) is 1. The molecule has 0 atom stereocenters. The van der Waals surface area contributed by atoms with Crippen LogP contribution in [-0.4, -0.2) is 16.6 Å². The summed E-state index contributed by atoms with van der Waals surface area (Å²) in [7, 11) is 0. The van der Waals surface area contributed by atoms with Crippen molar-refractivity contribution in [1.29, 1.82) is 5.26 Å². The number of aromatic nitrogens is 1. The number of hydrogen-bond donors (Lipinski definition) is 1. The van der Waals surface area contributed by atoms with Gasteiger partial charge >= 0.3 is 0 Å². The number of carbonyl (C=O) groups is 1. The molecule has 0 radical (unpaired) electrons. The van der Waals surface area contributed by atoms with Gasteiger partial charge in [-0.2, -0.15) is 5.26 Å². The van der Waals surface area contributed by atoms with E-state index in [9.17, 15) is 10.1 Å². The van der Waals surface area contributed by atoms with Gasteiger partial charge in [-0.25, -0.2) is 4.98 Å². The number of nitrogens with zero attached hydrogens (tertiary/aromatic N) is 2. The van der Waals surface area contributed by atoms with E-state index in [2.05, 4.69) is 11.4 Å². The molecule has 5 rings (SSSR count). The largest absolute Gasteiger partial charge is 0.325 e. The van der Waals surface area contributed by atoms with Gasteiger partial charge in [-0.1, -0.05) is 103 Å². The monoisotopic (exact) mass is 471 g/mol. The molecule has 168 valence electrons. The molecule has 0 saturated carbocycles. The van der Waals surface area contributed by atoms with Crippen LogP contribution in [0.3, 0.4) is 0 Å². The van der Waals surface area contributed by atoms with Crippen molar-refractivity contribution in [1.82, 2.24) is 4.98 Å². The molecular formula is C30H21N3OS. The van der Waals surface area contributed by atoms with Gasteiger partial charge in [0, 0.05) is 16.8 Å². The van der Waals surface area contributed by atoms with E-state index in [0.29, 0.717) is 10.6 Å². The highest BCUT2D eigenvalue weighted by atomic mass is 32.2. The Morgan fingerprint density at radius 3 is 2.17 bits per heavy atom. The SMILES string of the molecule is N#Cc1c(-c2ccccc2)cc(-c2ccccc2)nc1SCC(=O)Nc1ccc2ccccc2c1. The van der Waals surface area contributed by atoms with E-state index in [0.717, 1.165) is 38.8 Å². The van der Waals surface area contributed by atoms with Gasteiger partial charge < -0.3 is 5.32 Å². The maximum Gasteiger partial charge on any atom is 0.234 e. The van der Waals surface area contributed by atoms with Crippen molar-refractivity contribution in [3.63, 3.8) is 0 Å². The van der Waals surface area contributed by atoms with E-state index < -0.39 is 0 Å². The summed E-state index contributed by atoms with van der Waals surface area (Å²) in [5.41, 5.74) is 4.67. The molecule has 0 unspecified atom stereocenters. The van der Waals surface area contributed by atoms with E-state index >= 15 is 0 Å². The van der Waals surface area contributed by atoms with Crippen molar-refractivity contribution in [2.45, 2.75) is 5.03 Å². The summed E-state index contributed by atoms with van der Waals surface area (Å²) in [4.78, 5) is 17.6. The number of rotatable bonds is 6. The molecule has 0 bridgehead atoms. The minimum absolute atomic E-state index is 0.140. The maximum absolute atomic E-state index is 12.8. The lowest BCUT2D eigenvalue weighted by Crippen LogP contribution is -2.14. The Morgan fingerprint density at radius 2 is 1.46 bits per heavy atom. The third kappa shape index (κ3) is 5.08. The van der Waals surface area contributed by atoms with E-state index in [-0.39, 0.29) is 11.7 Å². The van der Waals surface area contributed by atoms with E-state index in [1.807, 2.05) is 109 Å². The third-order valence-electron chi connectivity index (χ3n) is 5.63. The molecule has 0 saturated heterocycles. The van der Waals surface area contributed by atoms with Crippen LogP contribution >= 0.6 is 11.8 Å². The third-order valence-corrected chi connectivity index (χ3v) is 6.60. The lowest BCUT2D eigenvalue weighted by molar-refractivity contribution is -0.113. The van der Waals surface area contributed by atoms with Crippen molar-refractivity contribution in [3.05, 3.63) is 115 Å². The van der Waals surface area contributed by atoms with Crippen LogP contribution in [0.15, 0.2) is 114 Å². The van der Waals surface area contributed by atoms with Crippen molar-refractivity contribution < 1.29 is 4.79 Å². The summed E-state index contributed by atoms with van der Waals surface area (Å²) in [6.07, 6.45) is 0. The fourth-order valence-corrected chi connectivity index (χ4v) is 4.74. The number of carbonyl (C=O) groups excluding carboxylic acids is 1. The molecule has 1 heterocycles. The molecule has 1 aromatic heterocycles. The second-order valence-electron chi connectivity index (χ2n) is 7.98. The number of thioether (sulfide) groups is 1. The summed E-state index contributed by atoms with van der Waals surface area (Å²) in [6.45, 7) is 0. The van der Waals surface area contributed by atoms with Gasteiger partial charge in [0.15, 0.2) is 0 Å². The number of amides is 1. The van der Waals surface area contributed by atoms with Crippen molar-refractivity contribution in [2.24, 2.45) is 0 Å². The molecule has 0 aliphatic heterocycles. The minimum Gasteiger partial charge on any atom is -0.325 e. The summed E-state index contributed by atoms with van der Waals surface area (Å²) in [6, 6.07) is 37.8. The fraction of sp³-hybridized carbons (Fsp3) is 0.0333. The average molecular weight is 472 g/mol. The van der Waals surface area contributed by atoms with Gasteiger partial charge in [-0.3, -0.25) is 4.79 Å². The smallest absolute Gasteiger partial charge is 0.234 e. The molecular weight excluding hydrogens is 450 g/mol. The summed E-state index contributed by atoms with van der Waals surface area (Å²) in [5.74, 6) is -0.0107. The van der Waals surface area contributed by atoms with Gasteiger partial charge in [0.1, 0.15) is 11.1 Å². The van der Waals surface area contributed by atoms with Gasteiger partial charge in [0.05, 0.1) is 17.0 Å². The van der Waals surface area contributed by atoms with Crippen LogP contribution in [0.2, 0.25) is 0 Å². The Bertz CT molecular complexity index is 1540. The Morgan fingerprint density at radius 1 is 0.800 bits per heavy atom. The quantitative estimate of drug-likeness (QED) is 0.267. The Kier molecular flexibility index (Phi) is 6.56. The Labute approximate surface area is 208 Å². The zero-order valence-electron chi connectivity index (χ0n) is 18.8. The normalized spacial score (nSPS) is 10.6. The van der Waals surface area contributed by atoms with Gasteiger partial charge in [0.25, 0.3) is 0 Å². The molecule has 1 N–H and O–H groups in total. The fourth-order valence-electron chi connectivity index (χ4n) is 3.93. The lowest BCUT2D eigenvalue weighted by Gasteiger charge is -2.13. The van der Waals surface area contributed by atoms with Crippen LogP contribution in [-0.2, 0) is 4.79 Å². The molecule has 0 spiro atoms. The first kappa shape index (κ1) is 22.4. The standard InChI is InChI=1S/C30H21N3OS/c31-19-27-26(22-10-3-1-4-11-22)18-28(23-12-5-2-6-13-23)33-30(27)35-20-29(34)32-25-16-15-21-9-7-8-14-24(21)17-25/h1-18H,20H2,(H,32,34). The number of hydrogen-bond acceptors (Lipinski definition) is 4. The molecule has 35 heavy (non-hydrogen) atoms. The molecule has 5 heteroatoms. The molecule has 1 amide bonds. The van der Waals surface area contributed by atoms with E-state index in [1.165, 1.54) is 11.8 Å². The number of anilines is 1. The predicted molar refractivity (Wildman–Crippen MR) is 143 cm³/mol. The van der Waals surface area contributed by atoms with E-state index in [4.69, 9.17) is 4.98 Å². The van der Waals surface area contributed by atoms with Gasteiger partial charge in [-0.15, -0.1) is 0 Å². The molecule has 0 aliphatic rings. The van der Waals surface area contributed by atoms with Crippen LogP contribution in [0.5, 0.6) is 0 Å². The van der Waals surface area contributed by atoms with Crippen LogP contribution in [0.4, 0.5) is 5.69 Å². The lowest BCUT2D eigenvalue weighted by atomic mass is 9.99. The minimum atomic E-state index is -0.151. The first-order valence-corrected chi connectivity index (χ1v) is 12.2. The predicted octanol–water partition coefficient (Wildman–Crippen LogP) is 7.17. The Hall–Kier alpha value is -4.40. The zero-order chi connectivity index (χ0) is 24.0. The topological polar surface area (TPSA) is 65.8 Å². The first-order valence-electron chi connectivity index (χ1n) is 11.2. The number of fused-ring (bicyclic) bond motifs is 1. The van der Waals surface area contributed by atoms with E-state index in [1.54, 1.807) is 0 Å². The van der Waals surface area contributed by atoms with Crippen LogP contribution in [0.25, 0.3) is 33.2 Å². The van der Waals surface area contributed by atoms with Gasteiger partial charge in [-0.05, 0) is 34.5 Å². The van der Waals surface area contributed by atoms with Crippen molar-refractivity contribution in [2.75, 3.05) is 11.1 Å². The van der Waals surface area contributed by atoms with Crippen LogP contribution in [0, 0.1) is 11.3 Å². The highest BCUT2D eigenvalue weighted by Gasteiger charge is 2.17. The van der Waals surface area contributed by atoms with Gasteiger partial charge in [0.2, 0.25) is 5.91 Å². The highest BCUT2D eigenvalue weighted by molar-refractivity contribution is 8.00. The Balaban J connectivity index is 1.44. The summed E-state index contributed by atoms with van der Waals surface area (Å²) < 4.78 is 0. The molecule has 5 aromatic rings. The maximum atomic E-state index is 12.8. The number of nitriles is 1. The molecule has 0 fully saturated rings. The highest BCUT2D eigenvalue weighted by Crippen LogP contribution is 2.34. The van der Waals surface area contributed by atoms with Crippen molar-refractivity contribution >= 4 is 34.1 Å².